The zero-order chi connectivity index (χ0) is 11.4. The van der Waals surface area contributed by atoms with E-state index >= 15 is 0 Å². The summed E-state index contributed by atoms with van der Waals surface area (Å²) < 4.78 is 0. The van der Waals surface area contributed by atoms with Crippen LogP contribution in [-0.4, -0.2) is 11.9 Å². The molecule has 0 saturated carbocycles. The number of nitrogens with two attached hydrogens (primary N) is 1. The van der Waals surface area contributed by atoms with Crippen LogP contribution in [0.5, 0.6) is 0 Å². The van der Waals surface area contributed by atoms with E-state index in [9.17, 15) is 4.79 Å². The normalized spacial score (nSPS) is 14.6. The first kappa shape index (κ1) is 11.7. The van der Waals surface area contributed by atoms with Gasteiger partial charge in [0.15, 0.2) is 0 Å². The third-order valence-corrected chi connectivity index (χ3v) is 2.47. The Kier molecular flexibility index (Phi) is 3.86. The number of nitrogens with one attached hydrogen (secondary N) is 1. The molecule has 0 aliphatic heterocycles. The molecule has 0 radical (unpaired) electrons. The Labute approximate surface area is 90.7 Å². The van der Waals surface area contributed by atoms with Crippen LogP contribution in [0.1, 0.15) is 31.0 Å². The maximum atomic E-state index is 10.9. The number of aryl methyl sites for hydroxylation is 1. The highest BCUT2D eigenvalue weighted by Gasteiger charge is 2.12. The van der Waals surface area contributed by atoms with E-state index in [1.165, 1.54) is 11.1 Å². The summed E-state index contributed by atoms with van der Waals surface area (Å²) in [5.74, 6) is -0.325. The predicted molar refractivity (Wildman–Crippen MR) is 61.4 cm³/mol. The summed E-state index contributed by atoms with van der Waals surface area (Å²) in [5.41, 5.74) is 7.58. The number of benzene rings is 1. The van der Waals surface area contributed by atoms with E-state index in [0.29, 0.717) is 0 Å². The molecule has 0 aromatic heterocycles. The van der Waals surface area contributed by atoms with Gasteiger partial charge in [-0.1, -0.05) is 29.8 Å². The smallest absolute Gasteiger partial charge is 0.234 e. The van der Waals surface area contributed by atoms with Gasteiger partial charge in [0.2, 0.25) is 5.91 Å². The van der Waals surface area contributed by atoms with Crippen molar-refractivity contribution >= 4 is 5.91 Å². The Balaban J connectivity index is 2.68. The average Bonchev–Trinajstić information content (AvgIpc) is 2.17. The number of hydrogen-bond donors (Lipinski definition) is 2. The molecule has 3 nitrogen and oxygen atoms in total. The number of primary amides is 1. The second-order valence-electron chi connectivity index (χ2n) is 3.93. The van der Waals surface area contributed by atoms with E-state index < -0.39 is 0 Å². The van der Waals surface area contributed by atoms with Gasteiger partial charge < -0.3 is 5.73 Å². The number of amides is 1. The van der Waals surface area contributed by atoms with Crippen molar-refractivity contribution in [2.24, 2.45) is 5.73 Å². The van der Waals surface area contributed by atoms with Gasteiger partial charge in [-0.2, -0.15) is 0 Å². The van der Waals surface area contributed by atoms with Crippen LogP contribution < -0.4 is 11.1 Å². The Morgan fingerprint density at radius 1 is 1.40 bits per heavy atom. The highest BCUT2D eigenvalue weighted by Crippen LogP contribution is 2.14. The fraction of sp³-hybridized carbons (Fsp3) is 0.417. The van der Waals surface area contributed by atoms with Crippen LogP contribution in [0.2, 0.25) is 0 Å². The molecule has 1 aromatic carbocycles. The molecular formula is C12H18N2O. The van der Waals surface area contributed by atoms with Crippen molar-refractivity contribution in [3.63, 3.8) is 0 Å². The summed E-state index contributed by atoms with van der Waals surface area (Å²) in [7, 11) is 0. The zero-order valence-electron chi connectivity index (χ0n) is 9.45. The molecule has 0 aliphatic rings. The van der Waals surface area contributed by atoms with Crippen molar-refractivity contribution < 1.29 is 4.79 Å². The minimum atomic E-state index is -0.325. The van der Waals surface area contributed by atoms with E-state index in [-0.39, 0.29) is 18.0 Å². The van der Waals surface area contributed by atoms with Crippen molar-refractivity contribution in [1.82, 2.24) is 5.32 Å². The molecule has 0 saturated heterocycles. The standard InChI is InChI=1S/C12H18N2O/c1-8-5-4-6-11(7-8)9(2)14-10(3)12(13)15/h4-7,9-10,14H,1-3H3,(H2,13,15)/t9-,10?/m0/s1. The van der Waals surface area contributed by atoms with Crippen LogP contribution >= 0.6 is 0 Å². The lowest BCUT2D eigenvalue weighted by Crippen LogP contribution is -2.39. The fourth-order valence-corrected chi connectivity index (χ4v) is 1.49. The Hall–Kier alpha value is -1.35. The third kappa shape index (κ3) is 3.36. The first-order chi connectivity index (χ1) is 7.00. The Morgan fingerprint density at radius 3 is 2.60 bits per heavy atom. The van der Waals surface area contributed by atoms with Crippen LogP contribution in [0.4, 0.5) is 0 Å². The quantitative estimate of drug-likeness (QED) is 0.784. The Morgan fingerprint density at radius 2 is 2.07 bits per heavy atom. The lowest BCUT2D eigenvalue weighted by Gasteiger charge is -2.18. The predicted octanol–water partition coefficient (Wildman–Crippen LogP) is 1.52. The van der Waals surface area contributed by atoms with Gasteiger partial charge in [-0.15, -0.1) is 0 Å². The largest absolute Gasteiger partial charge is 0.368 e. The molecule has 1 aromatic rings. The van der Waals surface area contributed by atoms with Crippen molar-refractivity contribution in [2.75, 3.05) is 0 Å². The highest BCUT2D eigenvalue weighted by atomic mass is 16.1. The minimum Gasteiger partial charge on any atom is -0.368 e. The van der Waals surface area contributed by atoms with E-state index in [4.69, 9.17) is 5.73 Å². The summed E-state index contributed by atoms with van der Waals surface area (Å²) in [6, 6.07) is 8.03. The molecule has 3 heteroatoms. The molecule has 0 fully saturated rings. The topological polar surface area (TPSA) is 55.1 Å². The van der Waals surface area contributed by atoms with Crippen molar-refractivity contribution in [1.29, 1.82) is 0 Å². The monoisotopic (exact) mass is 206 g/mol. The van der Waals surface area contributed by atoms with Crippen LogP contribution in [0.25, 0.3) is 0 Å². The number of rotatable bonds is 4. The lowest BCUT2D eigenvalue weighted by molar-refractivity contribution is -0.119. The fourth-order valence-electron chi connectivity index (χ4n) is 1.49. The van der Waals surface area contributed by atoms with Gasteiger partial charge in [-0.05, 0) is 26.3 Å². The maximum absolute atomic E-state index is 10.9. The molecule has 1 unspecified atom stereocenters. The summed E-state index contributed by atoms with van der Waals surface area (Å²) in [5, 5.41) is 3.15. The summed E-state index contributed by atoms with van der Waals surface area (Å²) >= 11 is 0. The first-order valence-electron chi connectivity index (χ1n) is 5.12. The molecule has 2 atom stereocenters. The van der Waals surface area contributed by atoms with Gasteiger partial charge in [0, 0.05) is 6.04 Å². The second-order valence-corrected chi connectivity index (χ2v) is 3.93. The molecule has 0 spiro atoms. The van der Waals surface area contributed by atoms with Gasteiger partial charge in [-0.3, -0.25) is 10.1 Å². The summed E-state index contributed by atoms with van der Waals surface area (Å²) in [4.78, 5) is 10.9. The van der Waals surface area contributed by atoms with Crippen LogP contribution in [0.3, 0.4) is 0 Å². The second kappa shape index (κ2) is 4.94. The number of carbonyl (C=O) groups excluding carboxylic acids is 1. The number of carbonyl (C=O) groups is 1. The van der Waals surface area contributed by atoms with Crippen molar-refractivity contribution in [3.05, 3.63) is 35.4 Å². The third-order valence-electron chi connectivity index (χ3n) is 2.47. The molecule has 82 valence electrons. The maximum Gasteiger partial charge on any atom is 0.234 e. The van der Waals surface area contributed by atoms with Gasteiger partial charge in [0.25, 0.3) is 0 Å². The number of hydrogen-bond acceptors (Lipinski definition) is 2. The molecule has 1 rings (SSSR count). The Bertz CT molecular complexity index is 349. The van der Waals surface area contributed by atoms with Crippen molar-refractivity contribution in [2.45, 2.75) is 32.9 Å². The molecule has 0 bridgehead atoms. The molecule has 1 amide bonds. The van der Waals surface area contributed by atoms with Gasteiger partial charge >= 0.3 is 0 Å². The molecule has 3 N–H and O–H groups in total. The van der Waals surface area contributed by atoms with E-state index in [1.807, 2.05) is 32.0 Å². The molecule has 0 aliphatic carbocycles. The molecule has 15 heavy (non-hydrogen) atoms. The average molecular weight is 206 g/mol. The summed E-state index contributed by atoms with van der Waals surface area (Å²) in [6.45, 7) is 5.84. The van der Waals surface area contributed by atoms with E-state index in [0.717, 1.165) is 0 Å². The summed E-state index contributed by atoms with van der Waals surface area (Å²) in [6.07, 6.45) is 0. The van der Waals surface area contributed by atoms with Crippen molar-refractivity contribution in [3.8, 4) is 0 Å². The van der Waals surface area contributed by atoms with Gasteiger partial charge in [0.05, 0.1) is 6.04 Å². The van der Waals surface area contributed by atoms with Crippen LogP contribution in [0.15, 0.2) is 24.3 Å². The SMILES string of the molecule is Cc1cccc([C@H](C)NC(C)C(N)=O)c1. The van der Waals surface area contributed by atoms with Gasteiger partial charge in [-0.25, -0.2) is 0 Å². The van der Waals surface area contributed by atoms with Gasteiger partial charge in [0.1, 0.15) is 0 Å². The zero-order valence-corrected chi connectivity index (χ0v) is 9.45. The van der Waals surface area contributed by atoms with E-state index in [2.05, 4.69) is 11.4 Å². The minimum absolute atomic E-state index is 0.132. The lowest BCUT2D eigenvalue weighted by atomic mass is 10.1. The molecular weight excluding hydrogens is 188 g/mol. The highest BCUT2D eigenvalue weighted by molar-refractivity contribution is 5.79. The molecule has 0 heterocycles. The van der Waals surface area contributed by atoms with E-state index in [1.54, 1.807) is 6.92 Å². The van der Waals surface area contributed by atoms with Crippen LogP contribution in [0, 0.1) is 6.92 Å². The van der Waals surface area contributed by atoms with Crippen LogP contribution in [-0.2, 0) is 4.79 Å². The first-order valence-corrected chi connectivity index (χ1v) is 5.12.